The number of aromatic nitrogens is 1. The maximum atomic E-state index is 15.5. The first-order valence-corrected chi connectivity index (χ1v) is 12.6. The van der Waals surface area contributed by atoms with Crippen molar-refractivity contribution in [3.63, 3.8) is 0 Å². The van der Waals surface area contributed by atoms with Crippen LogP contribution in [0.2, 0.25) is 0 Å². The second-order valence-electron chi connectivity index (χ2n) is 9.97. The van der Waals surface area contributed by atoms with Crippen LogP contribution in [0.3, 0.4) is 0 Å². The minimum atomic E-state index is -1.32. The van der Waals surface area contributed by atoms with E-state index in [1.165, 1.54) is 12.3 Å². The quantitative estimate of drug-likeness (QED) is 0.491. The summed E-state index contributed by atoms with van der Waals surface area (Å²) in [5.41, 5.74) is 7.78. The normalized spacial score (nSPS) is 18.6. The Hall–Kier alpha value is -3.72. The summed E-state index contributed by atoms with van der Waals surface area (Å²) in [6, 6.07) is 9.93. The number of ether oxygens (including phenoxy) is 1. The van der Waals surface area contributed by atoms with Crippen LogP contribution in [0.4, 0.5) is 10.1 Å². The molecule has 9 heteroatoms. The number of esters is 1. The highest BCUT2D eigenvalue weighted by Gasteiger charge is 2.31. The largest absolute Gasteiger partial charge is 0.477 e. The molecule has 3 N–H and O–H groups in total. The van der Waals surface area contributed by atoms with Crippen molar-refractivity contribution in [3.8, 4) is 0 Å². The minimum Gasteiger partial charge on any atom is -0.477 e. The summed E-state index contributed by atoms with van der Waals surface area (Å²) in [5.74, 6) is -2.30. The van der Waals surface area contributed by atoms with Crippen molar-refractivity contribution in [2.75, 3.05) is 18.0 Å². The number of pyridine rings is 1. The fraction of sp³-hybridized carbons (Fsp3) is 0.393. The van der Waals surface area contributed by atoms with Crippen LogP contribution in [-0.2, 0) is 22.4 Å². The van der Waals surface area contributed by atoms with E-state index in [2.05, 4.69) is 0 Å². The number of nitrogens with zero attached hydrogens (tertiary/aromatic N) is 2. The van der Waals surface area contributed by atoms with Crippen molar-refractivity contribution < 1.29 is 23.8 Å². The van der Waals surface area contributed by atoms with Gasteiger partial charge in [-0.3, -0.25) is 9.59 Å². The predicted molar refractivity (Wildman–Crippen MR) is 138 cm³/mol. The van der Waals surface area contributed by atoms with Crippen molar-refractivity contribution in [1.82, 2.24) is 4.57 Å². The van der Waals surface area contributed by atoms with E-state index in [1.54, 1.807) is 4.57 Å². The summed E-state index contributed by atoms with van der Waals surface area (Å²) in [7, 11) is 0. The average molecular weight is 508 g/mol. The standard InChI is InChI=1S/C28H30FN3O5/c1-16-7-8-19-24-20(26(33)21(27(34)35)15-32(16)24)14-22(29)25(19)31-11-9-18(10-12-31)37-28(36)23(30)13-17-5-3-2-4-6-17/h2-6,14-16,18,23H,7-13,30H2,1H3,(H,34,35)/t16-,23?/m0/s1. The van der Waals surface area contributed by atoms with Crippen LogP contribution in [0, 0.1) is 5.82 Å². The molecule has 1 saturated heterocycles. The van der Waals surface area contributed by atoms with Gasteiger partial charge in [-0.25, -0.2) is 9.18 Å². The molecule has 0 spiro atoms. The first kappa shape index (κ1) is 25.0. The van der Waals surface area contributed by atoms with Crippen molar-refractivity contribution in [2.24, 2.45) is 5.73 Å². The van der Waals surface area contributed by atoms with Gasteiger partial charge in [0.1, 0.15) is 23.5 Å². The van der Waals surface area contributed by atoms with Crippen molar-refractivity contribution in [3.05, 3.63) is 75.3 Å². The van der Waals surface area contributed by atoms with Gasteiger partial charge >= 0.3 is 11.9 Å². The topological polar surface area (TPSA) is 115 Å². The van der Waals surface area contributed by atoms with Gasteiger partial charge in [0.05, 0.1) is 11.2 Å². The van der Waals surface area contributed by atoms with Crippen LogP contribution < -0.4 is 16.1 Å². The molecular weight excluding hydrogens is 477 g/mol. The van der Waals surface area contributed by atoms with Gasteiger partial charge in [0, 0.05) is 49.1 Å². The molecule has 2 aliphatic rings. The molecule has 0 saturated carbocycles. The molecule has 1 unspecified atom stereocenters. The molecule has 5 rings (SSSR count). The Kier molecular flexibility index (Phi) is 6.72. The van der Waals surface area contributed by atoms with E-state index in [4.69, 9.17) is 10.5 Å². The first-order chi connectivity index (χ1) is 17.7. The molecule has 2 atom stereocenters. The molecule has 2 aliphatic heterocycles. The Balaban J connectivity index is 1.35. The summed E-state index contributed by atoms with van der Waals surface area (Å²) in [4.78, 5) is 39.0. The number of benzene rings is 2. The maximum Gasteiger partial charge on any atom is 0.341 e. The van der Waals surface area contributed by atoms with Crippen molar-refractivity contribution in [2.45, 2.75) is 57.2 Å². The molecule has 0 radical (unpaired) electrons. The van der Waals surface area contributed by atoms with E-state index < -0.39 is 29.2 Å². The summed E-state index contributed by atoms with van der Waals surface area (Å²) in [6.07, 6.45) is 3.82. The Morgan fingerprint density at radius 2 is 1.89 bits per heavy atom. The first-order valence-electron chi connectivity index (χ1n) is 12.6. The lowest BCUT2D eigenvalue weighted by Gasteiger charge is -2.37. The van der Waals surface area contributed by atoms with Crippen molar-refractivity contribution in [1.29, 1.82) is 0 Å². The summed E-state index contributed by atoms with van der Waals surface area (Å²) in [5, 5.41) is 9.58. The minimum absolute atomic E-state index is 0.0164. The number of halogens is 1. The number of carbonyl (C=O) groups excluding carboxylic acids is 1. The number of carboxylic acid groups (broad SMARTS) is 1. The molecule has 0 aliphatic carbocycles. The van der Waals surface area contributed by atoms with Gasteiger partial charge in [0.25, 0.3) is 0 Å². The number of anilines is 1. The summed E-state index contributed by atoms with van der Waals surface area (Å²) >= 11 is 0. The Bertz CT molecular complexity index is 1410. The number of nitrogens with two attached hydrogens (primary N) is 1. The Morgan fingerprint density at radius 1 is 1.19 bits per heavy atom. The fourth-order valence-electron chi connectivity index (χ4n) is 5.53. The van der Waals surface area contributed by atoms with E-state index in [1.807, 2.05) is 42.2 Å². The van der Waals surface area contributed by atoms with Gasteiger partial charge in [0.2, 0.25) is 5.43 Å². The number of hydrogen-bond acceptors (Lipinski definition) is 6. The zero-order valence-electron chi connectivity index (χ0n) is 20.7. The average Bonchev–Trinajstić information content (AvgIpc) is 2.88. The van der Waals surface area contributed by atoms with Crippen LogP contribution >= 0.6 is 0 Å². The highest BCUT2D eigenvalue weighted by molar-refractivity contribution is 5.95. The molecule has 37 heavy (non-hydrogen) atoms. The van der Waals surface area contributed by atoms with E-state index in [-0.39, 0.29) is 23.1 Å². The van der Waals surface area contributed by atoms with Gasteiger partial charge < -0.3 is 25.0 Å². The molecule has 2 aromatic carbocycles. The maximum absolute atomic E-state index is 15.5. The third-order valence-corrected chi connectivity index (χ3v) is 7.50. The number of aryl methyl sites for hydroxylation is 1. The molecule has 1 aromatic heterocycles. The third-order valence-electron chi connectivity index (χ3n) is 7.50. The lowest BCUT2D eigenvalue weighted by Crippen LogP contribution is -2.42. The second-order valence-corrected chi connectivity index (χ2v) is 9.97. The molecular formula is C28H30FN3O5. The molecule has 3 heterocycles. The lowest BCUT2D eigenvalue weighted by atomic mass is 9.93. The molecule has 0 amide bonds. The van der Waals surface area contributed by atoms with Crippen LogP contribution in [0.5, 0.6) is 0 Å². The Morgan fingerprint density at radius 3 is 2.57 bits per heavy atom. The zero-order chi connectivity index (χ0) is 26.3. The lowest BCUT2D eigenvalue weighted by molar-refractivity contribution is -0.151. The van der Waals surface area contributed by atoms with Gasteiger partial charge in [0.15, 0.2) is 0 Å². The van der Waals surface area contributed by atoms with Gasteiger partial charge in [-0.2, -0.15) is 0 Å². The highest BCUT2D eigenvalue weighted by atomic mass is 19.1. The van der Waals surface area contributed by atoms with Gasteiger partial charge in [-0.15, -0.1) is 0 Å². The molecule has 3 aromatic rings. The SMILES string of the molecule is C[C@H]1CCc2c(N3CCC(OC(=O)C(N)Cc4ccccc4)CC3)c(F)cc3c(=O)c(C(=O)O)cn1c23. The highest BCUT2D eigenvalue weighted by Crippen LogP contribution is 2.39. The summed E-state index contributed by atoms with van der Waals surface area (Å²) < 4.78 is 23.0. The smallest absolute Gasteiger partial charge is 0.341 e. The number of carbonyl (C=O) groups is 2. The van der Waals surface area contributed by atoms with Crippen LogP contribution in [0.25, 0.3) is 10.9 Å². The third kappa shape index (κ3) is 4.71. The molecule has 194 valence electrons. The Labute approximate surface area is 213 Å². The number of rotatable bonds is 6. The number of hydrogen-bond donors (Lipinski definition) is 2. The molecule has 8 nitrogen and oxygen atoms in total. The predicted octanol–water partition coefficient (Wildman–Crippen LogP) is 3.43. The summed E-state index contributed by atoms with van der Waals surface area (Å²) in [6.45, 7) is 2.92. The van der Waals surface area contributed by atoms with E-state index in [9.17, 15) is 19.5 Å². The zero-order valence-corrected chi connectivity index (χ0v) is 20.7. The number of aromatic carboxylic acids is 1. The number of carboxylic acids is 1. The van der Waals surface area contributed by atoms with Gasteiger partial charge in [-0.05, 0) is 37.8 Å². The second kappa shape index (κ2) is 9.97. The van der Waals surface area contributed by atoms with E-state index >= 15 is 4.39 Å². The van der Waals surface area contributed by atoms with E-state index in [0.29, 0.717) is 56.4 Å². The van der Waals surface area contributed by atoms with E-state index in [0.717, 1.165) is 11.1 Å². The fourth-order valence-corrected chi connectivity index (χ4v) is 5.53. The van der Waals surface area contributed by atoms with Crippen LogP contribution in [0.15, 0.2) is 47.4 Å². The van der Waals surface area contributed by atoms with Crippen LogP contribution in [0.1, 0.15) is 53.7 Å². The number of piperidine rings is 1. The molecule has 0 bridgehead atoms. The van der Waals surface area contributed by atoms with Crippen LogP contribution in [-0.4, -0.2) is 46.8 Å². The monoisotopic (exact) mass is 507 g/mol. The molecule has 1 fully saturated rings. The van der Waals surface area contributed by atoms with Crippen molar-refractivity contribution >= 4 is 28.5 Å². The van der Waals surface area contributed by atoms with Gasteiger partial charge in [-0.1, -0.05) is 30.3 Å².